The lowest BCUT2D eigenvalue weighted by molar-refractivity contribution is 0.101. The molecule has 2 aromatic carbocycles. The molecule has 0 spiro atoms. The van der Waals surface area contributed by atoms with Crippen molar-refractivity contribution in [2.24, 2.45) is 0 Å². The first kappa shape index (κ1) is 19.4. The van der Waals surface area contributed by atoms with Crippen LogP contribution >= 0.6 is 11.6 Å². The van der Waals surface area contributed by atoms with Gasteiger partial charge in [-0.1, -0.05) is 53.2 Å². The largest absolute Gasteiger partial charge is 0.355 e. The number of carbonyl (C=O) groups excluding carboxylic acids is 1. The number of amides is 1. The molecule has 0 aliphatic carbocycles. The van der Waals surface area contributed by atoms with Gasteiger partial charge in [0, 0.05) is 34.7 Å². The summed E-state index contributed by atoms with van der Waals surface area (Å²) in [7, 11) is 0. The molecule has 0 saturated carbocycles. The van der Waals surface area contributed by atoms with Crippen LogP contribution in [0, 0.1) is 11.3 Å². The van der Waals surface area contributed by atoms with Gasteiger partial charge >= 0.3 is 0 Å². The third-order valence-corrected chi connectivity index (χ3v) is 4.85. The molecule has 2 aromatic heterocycles. The molecular formula is C23H15ClN4O2. The van der Waals surface area contributed by atoms with Crippen molar-refractivity contribution < 1.29 is 9.32 Å². The van der Waals surface area contributed by atoms with Gasteiger partial charge < -0.3 is 9.84 Å². The van der Waals surface area contributed by atoms with Gasteiger partial charge in [0.05, 0.1) is 12.0 Å². The zero-order valence-corrected chi connectivity index (χ0v) is 16.4. The maximum atomic E-state index is 12.5. The van der Waals surface area contributed by atoms with Gasteiger partial charge in [-0.25, -0.2) is 0 Å². The Hall–Kier alpha value is -3.95. The summed E-state index contributed by atoms with van der Waals surface area (Å²) < 4.78 is 5.23. The normalized spacial score (nSPS) is 11.5. The van der Waals surface area contributed by atoms with Crippen molar-refractivity contribution in [3.05, 3.63) is 101 Å². The van der Waals surface area contributed by atoms with Gasteiger partial charge in [-0.15, -0.1) is 0 Å². The minimum absolute atomic E-state index is 0.133. The van der Waals surface area contributed by atoms with E-state index in [2.05, 4.69) is 21.5 Å². The van der Waals surface area contributed by atoms with Crippen molar-refractivity contribution in [3.63, 3.8) is 0 Å². The number of nitriles is 1. The molecule has 4 aromatic rings. The van der Waals surface area contributed by atoms with E-state index >= 15 is 0 Å². The fourth-order valence-electron chi connectivity index (χ4n) is 3.03. The smallest absolute Gasteiger partial charge is 0.277 e. The molecule has 0 radical (unpaired) electrons. The van der Waals surface area contributed by atoms with Crippen molar-refractivity contribution in [1.29, 1.82) is 5.26 Å². The highest BCUT2D eigenvalue weighted by molar-refractivity contribution is 6.31. The van der Waals surface area contributed by atoms with E-state index in [0.717, 1.165) is 11.1 Å². The number of nitrogens with one attached hydrogen (secondary N) is 1. The van der Waals surface area contributed by atoms with Gasteiger partial charge in [-0.2, -0.15) is 5.26 Å². The van der Waals surface area contributed by atoms with Crippen LogP contribution in [0.3, 0.4) is 0 Å². The number of anilines is 1. The average molecular weight is 415 g/mol. The van der Waals surface area contributed by atoms with Gasteiger partial charge in [0.15, 0.2) is 11.5 Å². The van der Waals surface area contributed by atoms with Gasteiger partial charge in [-0.05, 0) is 35.4 Å². The fourth-order valence-corrected chi connectivity index (χ4v) is 3.32. The monoisotopic (exact) mass is 414 g/mol. The van der Waals surface area contributed by atoms with Crippen LogP contribution in [0.25, 0.3) is 11.3 Å². The first-order chi connectivity index (χ1) is 14.7. The number of rotatable bonds is 5. The molecule has 6 nitrogen and oxygen atoms in total. The van der Waals surface area contributed by atoms with Gasteiger partial charge in [0.2, 0.25) is 0 Å². The second-order valence-corrected chi connectivity index (χ2v) is 6.89. The Bertz CT molecular complexity index is 1220. The fraction of sp³-hybridized carbons (Fsp3) is 0.0435. The molecule has 7 heteroatoms. The molecule has 1 amide bonds. The number of carbonyl (C=O) groups is 1. The highest BCUT2D eigenvalue weighted by Crippen LogP contribution is 2.32. The molecule has 1 atom stereocenters. The zero-order valence-electron chi connectivity index (χ0n) is 15.6. The van der Waals surface area contributed by atoms with Crippen LogP contribution < -0.4 is 5.32 Å². The summed E-state index contributed by atoms with van der Waals surface area (Å²) in [5.74, 6) is -0.486. The second kappa shape index (κ2) is 8.60. The molecule has 4 rings (SSSR count). The Morgan fingerprint density at radius 1 is 1.10 bits per heavy atom. The number of hydrogen-bond acceptors (Lipinski definition) is 5. The highest BCUT2D eigenvalue weighted by atomic mass is 35.5. The lowest BCUT2D eigenvalue weighted by atomic mass is 9.92. The number of hydrogen-bond donors (Lipinski definition) is 1. The second-order valence-electron chi connectivity index (χ2n) is 6.48. The van der Waals surface area contributed by atoms with E-state index in [-0.39, 0.29) is 5.69 Å². The Balaban J connectivity index is 1.52. The van der Waals surface area contributed by atoms with Gasteiger partial charge in [-0.3, -0.25) is 9.78 Å². The summed E-state index contributed by atoms with van der Waals surface area (Å²) in [5, 5.41) is 16.6. The van der Waals surface area contributed by atoms with Crippen LogP contribution in [0.4, 0.5) is 5.69 Å². The summed E-state index contributed by atoms with van der Waals surface area (Å²) in [5.41, 5.74) is 2.87. The van der Waals surface area contributed by atoms with Crippen molar-refractivity contribution >= 4 is 23.2 Å². The van der Waals surface area contributed by atoms with E-state index in [1.807, 2.05) is 36.4 Å². The molecule has 0 fully saturated rings. The van der Waals surface area contributed by atoms with Gasteiger partial charge in [0.25, 0.3) is 5.91 Å². The first-order valence-corrected chi connectivity index (χ1v) is 9.46. The van der Waals surface area contributed by atoms with E-state index in [1.165, 1.54) is 0 Å². The van der Waals surface area contributed by atoms with E-state index in [1.54, 1.807) is 42.7 Å². The van der Waals surface area contributed by atoms with Crippen LogP contribution in [0.2, 0.25) is 5.02 Å². The predicted octanol–water partition coefficient (Wildman–Crippen LogP) is 5.30. The van der Waals surface area contributed by atoms with Crippen molar-refractivity contribution in [2.45, 2.75) is 5.92 Å². The number of halogens is 1. The van der Waals surface area contributed by atoms with Crippen LogP contribution in [0.15, 0.2) is 83.6 Å². The molecule has 0 saturated heterocycles. The van der Waals surface area contributed by atoms with Crippen LogP contribution in [0.1, 0.15) is 27.5 Å². The predicted molar refractivity (Wildman–Crippen MR) is 113 cm³/mol. The molecular weight excluding hydrogens is 400 g/mol. The molecule has 146 valence electrons. The number of pyridine rings is 1. The van der Waals surface area contributed by atoms with Crippen LogP contribution in [-0.4, -0.2) is 16.0 Å². The molecule has 0 aliphatic rings. The van der Waals surface area contributed by atoms with E-state index in [4.69, 9.17) is 16.1 Å². The molecule has 2 heterocycles. The molecule has 30 heavy (non-hydrogen) atoms. The van der Waals surface area contributed by atoms with E-state index in [0.29, 0.717) is 22.0 Å². The Morgan fingerprint density at radius 2 is 1.93 bits per heavy atom. The zero-order chi connectivity index (χ0) is 20.9. The standard InChI is InChI=1S/C23H15ClN4O2/c24-20-11-17(8-9-18(20)19(13-25)15-5-2-1-3-6-15)27-23(29)21-12-22(30-28-21)16-7-4-10-26-14-16/h1-12,14,19H,(H,27,29). The Kier molecular flexibility index (Phi) is 5.55. The maximum absolute atomic E-state index is 12.5. The third-order valence-electron chi connectivity index (χ3n) is 4.52. The van der Waals surface area contributed by atoms with Crippen molar-refractivity contribution in [2.75, 3.05) is 5.32 Å². The summed E-state index contributed by atoms with van der Waals surface area (Å²) in [6, 6.07) is 21.9. The van der Waals surface area contributed by atoms with E-state index in [9.17, 15) is 10.1 Å². The average Bonchev–Trinajstić information content (AvgIpc) is 3.28. The Morgan fingerprint density at radius 3 is 2.63 bits per heavy atom. The lowest BCUT2D eigenvalue weighted by Crippen LogP contribution is -2.12. The molecule has 1 unspecified atom stereocenters. The minimum atomic E-state index is -0.499. The summed E-state index contributed by atoms with van der Waals surface area (Å²) >= 11 is 6.42. The van der Waals surface area contributed by atoms with Crippen molar-refractivity contribution in [3.8, 4) is 17.4 Å². The molecule has 0 aliphatic heterocycles. The highest BCUT2D eigenvalue weighted by Gasteiger charge is 2.18. The van der Waals surface area contributed by atoms with Crippen LogP contribution in [-0.2, 0) is 0 Å². The summed E-state index contributed by atoms with van der Waals surface area (Å²) in [6.07, 6.45) is 3.27. The maximum Gasteiger partial charge on any atom is 0.277 e. The molecule has 0 bridgehead atoms. The summed E-state index contributed by atoms with van der Waals surface area (Å²) in [6.45, 7) is 0. The third kappa shape index (κ3) is 4.07. The SMILES string of the molecule is N#CC(c1ccccc1)c1ccc(NC(=O)c2cc(-c3cccnc3)on2)cc1Cl. The quantitative estimate of drug-likeness (QED) is 0.478. The van der Waals surface area contributed by atoms with Gasteiger partial charge in [0.1, 0.15) is 0 Å². The van der Waals surface area contributed by atoms with E-state index < -0.39 is 11.8 Å². The number of benzene rings is 2. The minimum Gasteiger partial charge on any atom is -0.355 e. The van der Waals surface area contributed by atoms with Crippen LogP contribution in [0.5, 0.6) is 0 Å². The number of nitrogens with zero attached hydrogens (tertiary/aromatic N) is 3. The molecule has 1 N–H and O–H groups in total. The topological polar surface area (TPSA) is 91.8 Å². The summed E-state index contributed by atoms with van der Waals surface area (Å²) in [4.78, 5) is 16.5. The first-order valence-electron chi connectivity index (χ1n) is 9.08. The lowest BCUT2D eigenvalue weighted by Gasteiger charge is -2.13. The Labute approximate surface area is 177 Å². The van der Waals surface area contributed by atoms with Crippen molar-refractivity contribution in [1.82, 2.24) is 10.1 Å². The number of aromatic nitrogens is 2.